The summed E-state index contributed by atoms with van der Waals surface area (Å²) >= 11 is 0. The van der Waals surface area contributed by atoms with Gasteiger partial charge in [0.25, 0.3) is 0 Å². The number of halogens is 1. The Labute approximate surface area is 186 Å². The monoisotopic (exact) mass is 506 g/mol. The number of likely N-dealkylation sites (N-methyl/N-ethyl adjacent to an activating group) is 1. The molecule has 0 radical (unpaired) electrons. The molecule has 0 aromatic heterocycles. The first-order chi connectivity index (χ1) is 12.9. The van der Waals surface area contributed by atoms with Gasteiger partial charge >= 0.3 is 0 Å². The van der Waals surface area contributed by atoms with E-state index in [0.717, 1.165) is 63.6 Å². The van der Waals surface area contributed by atoms with Crippen molar-refractivity contribution in [3.05, 3.63) is 12.2 Å². The van der Waals surface area contributed by atoms with E-state index < -0.39 is 0 Å². The summed E-state index contributed by atoms with van der Waals surface area (Å²) in [5.74, 6) is 0.949. The molecule has 28 heavy (non-hydrogen) atoms. The molecule has 2 aliphatic heterocycles. The fourth-order valence-electron chi connectivity index (χ4n) is 3.16. The number of hydrogen-bond donors (Lipinski definition) is 1. The largest absolute Gasteiger partial charge is 0.353 e. The van der Waals surface area contributed by atoms with Gasteiger partial charge in [0.1, 0.15) is 6.54 Å². The number of hydrogen-bond acceptors (Lipinski definition) is 4. The van der Waals surface area contributed by atoms with Crippen molar-refractivity contribution in [2.75, 3.05) is 73.0 Å². The van der Waals surface area contributed by atoms with E-state index in [4.69, 9.17) is 0 Å². The van der Waals surface area contributed by atoms with Gasteiger partial charge in [0.2, 0.25) is 11.8 Å². The second kappa shape index (κ2) is 12.3. The molecule has 2 rings (SSSR count). The van der Waals surface area contributed by atoms with Crippen LogP contribution in [0.15, 0.2) is 17.1 Å². The maximum absolute atomic E-state index is 12.3. The molecule has 160 valence electrons. The molecule has 2 amide bonds. The summed E-state index contributed by atoms with van der Waals surface area (Å²) in [6, 6.07) is 0. The van der Waals surface area contributed by atoms with Gasteiger partial charge in [-0.3, -0.25) is 14.5 Å². The lowest BCUT2D eigenvalue weighted by Crippen LogP contribution is -2.54. The van der Waals surface area contributed by atoms with Crippen LogP contribution in [-0.4, -0.2) is 110 Å². The molecule has 0 saturated carbocycles. The van der Waals surface area contributed by atoms with Crippen molar-refractivity contribution in [3.63, 3.8) is 0 Å². The molecule has 2 aliphatic rings. The Morgan fingerprint density at radius 3 is 2.18 bits per heavy atom. The van der Waals surface area contributed by atoms with Crippen LogP contribution in [0.5, 0.6) is 0 Å². The molecule has 2 fully saturated rings. The zero-order valence-corrected chi connectivity index (χ0v) is 19.8. The minimum Gasteiger partial charge on any atom is -0.353 e. The van der Waals surface area contributed by atoms with Gasteiger partial charge in [0.15, 0.2) is 5.96 Å². The normalized spacial score (nSPS) is 17.9. The van der Waals surface area contributed by atoms with E-state index in [1.807, 2.05) is 11.8 Å². The Balaban J connectivity index is 0.00000392. The summed E-state index contributed by atoms with van der Waals surface area (Å²) in [6.07, 6.45) is 2.25. The number of aliphatic imine (C=N–C) groups is 1. The minimum atomic E-state index is -0.0283. The van der Waals surface area contributed by atoms with Crippen molar-refractivity contribution in [1.82, 2.24) is 24.9 Å². The van der Waals surface area contributed by atoms with Gasteiger partial charge in [-0.05, 0) is 19.8 Å². The molecule has 8 nitrogen and oxygen atoms in total. The molecule has 0 unspecified atom stereocenters. The molecule has 0 aliphatic carbocycles. The lowest BCUT2D eigenvalue weighted by Gasteiger charge is -2.36. The van der Waals surface area contributed by atoms with Gasteiger partial charge in [0, 0.05) is 59.9 Å². The van der Waals surface area contributed by atoms with Gasteiger partial charge in [-0.15, -0.1) is 24.0 Å². The van der Waals surface area contributed by atoms with Crippen molar-refractivity contribution in [2.24, 2.45) is 4.99 Å². The van der Waals surface area contributed by atoms with Gasteiger partial charge < -0.3 is 20.0 Å². The van der Waals surface area contributed by atoms with E-state index in [-0.39, 0.29) is 42.3 Å². The SMILES string of the molecule is C=C(C)CNC(=NCC(=O)N(C)C)N1CCN(CC(=O)N2CCCC2)CC1.I. The quantitative estimate of drug-likeness (QED) is 0.245. The molecule has 9 heteroatoms. The predicted molar refractivity (Wildman–Crippen MR) is 123 cm³/mol. The molecule has 0 bridgehead atoms. The first-order valence-corrected chi connectivity index (χ1v) is 9.74. The molecular weight excluding hydrogens is 471 g/mol. The van der Waals surface area contributed by atoms with E-state index in [9.17, 15) is 9.59 Å². The second-order valence-electron chi connectivity index (χ2n) is 7.59. The molecule has 2 saturated heterocycles. The van der Waals surface area contributed by atoms with Crippen LogP contribution in [0.3, 0.4) is 0 Å². The van der Waals surface area contributed by atoms with Crippen molar-refractivity contribution >= 4 is 41.8 Å². The smallest absolute Gasteiger partial charge is 0.243 e. The first kappa shape index (κ1) is 24.7. The second-order valence-corrected chi connectivity index (χ2v) is 7.59. The summed E-state index contributed by atoms with van der Waals surface area (Å²) in [5, 5.41) is 3.30. The minimum absolute atomic E-state index is 0. The van der Waals surface area contributed by atoms with Crippen LogP contribution >= 0.6 is 24.0 Å². The maximum atomic E-state index is 12.3. The topological polar surface area (TPSA) is 71.5 Å². The molecule has 1 N–H and O–H groups in total. The van der Waals surface area contributed by atoms with Crippen LogP contribution in [0.2, 0.25) is 0 Å². The standard InChI is InChI=1S/C19H34N6O2.HI/c1-16(2)13-20-19(21-14-17(26)22(3)4)25-11-9-23(10-12-25)15-18(27)24-7-5-6-8-24;/h1,5-15H2,2-4H3,(H,20,21);1H. The summed E-state index contributed by atoms with van der Waals surface area (Å²) in [4.78, 5) is 36.6. The highest BCUT2D eigenvalue weighted by atomic mass is 127. The summed E-state index contributed by atoms with van der Waals surface area (Å²) in [5.41, 5.74) is 1.01. The number of nitrogens with zero attached hydrogens (tertiary/aromatic N) is 5. The molecular formula is C19H35IN6O2. The number of guanidine groups is 1. The van der Waals surface area contributed by atoms with Crippen molar-refractivity contribution in [2.45, 2.75) is 19.8 Å². The third-order valence-electron chi connectivity index (χ3n) is 4.90. The first-order valence-electron chi connectivity index (χ1n) is 9.74. The highest BCUT2D eigenvalue weighted by Crippen LogP contribution is 2.09. The van der Waals surface area contributed by atoms with Gasteiger partial charge in [0.05, 0.1) is 6.54 Å². The Morgan fingerprint density at radius 2 is 1.64 bits per heavy atom. The third-order valence-corrected chi connectivity index (χ3v) is 4.90. The average Bonchev–Trinajstić information content (AvgIpc) is 3.17. The van der Waals surface area contributed by atoms with Crippen molar-refractivity contribution in [1.29, 1.82) is 0 Å². The number of likely N-dealkylation sites (tertiary alicyclic amines) is 1. The Hall–Kier alpha value is -1.36. The van der Waals surface area contributed by atoms with Crippen molar-refractivity contribution < 1.29 is 9.59 Å². The number of rotatable bonds is 6. The van der Waals surface area contributed by atoms with E-state index in [2.05, 4.69) is 26.7 Å². The van der Waals surface area contributed by atoms with Crippen LogP contribution in [0, 0.1) is 0 Å². The van der Waals surface area contributed by atoms with Crippen LogP contribution < -0.4 is 5.32 Å². The number of nitrogens with one attached hydrogen (secondary N) is 1. The molecule has 0 spiro atoms. The number of carbonyl (C=O) groups excluding carboxylic acids is 2. The summed E-state index contributed by atoms with van der Waals surface area (Å²) in [6.45, 7) is 12.1. The van der Waals surface area contributed by atoms with Gasteiger partial charge in [-0.1, -0.05) is 12.2 Å². The fourth-order valence-corrected chi connectivity index (χ4v) is 3.16. The van der Waals surface area contributed by atoms with Gasteiger partial charge in [-0.2, -0.15) is 0 Å². The van der Waals surface area contributed by atoms with E-state index in [1.165, 1.54) is 0 Å². The molecule has 0 aromatic rings. The zero-order chi connectivity index (χ0) is 19.8. The van der Waals surface area contributed by atoms with Crippen LogP contribution in [-0.2, 0) is 9.59 Å². The van der Waals surface area contributed by atoms with Crippen LogP contribution in [0.1, 0.15) is 19.8 Å². The zero-order valence-electron chi connectivity index (χ0n) is 17.4. The Morgan fingerprint density at radius 1 is 1.04 bits per heavy atom. The van der Waals surface area contributed by atoms with Crippen LogP contribution in [0.4, 0.5) is 0 Å². The summed E-state index contributed by atoms with van der Waals surface area (Å²) in [7, 11) is 3.46. The maximum Gasteiger partial charge on any atom is 0.243 e. The van der Waals surface area contributed by atoms with E-state index >= 15 is 0 Å². The van der Waals surface area contributed by atoms with Crippen molar-refractivity contribution in [3.8, 4) is 0 Å². The third kappa shape index (κ3) is 7.94. The predicted octanol–water partition coefficient (Wildman–Crippen LogP) is 0.454. The highest BCUT2D eigenvalue weighted by Gasteiger charge is 2.24. The fraction of sp³-hybridized carbons (Fsp3) is 0.737. The lowest BCUT2D eigenvalue weighted by molar-refractivity contribution is -0.131. The van der Waals surface area contributed by atoms with E-state index in [0.29, 0.717) is 13.1 Å². The Kier molecular flexibility index (Phi) is 10.8. The molecule has 0 aromatic carbocycles. The number of piperazine rings is 1. The van der Waals surface area contributed by atoms with Gasteiger partial charge in [-0.25, -0.2) is 4.99 Å². The van der Waals surface area contributed by atoms with Crippen LogP contribution in [0.25, 0.3) is 0 Å². The summed E-state index contributed by atoms with van der Waals surface area (Å²) < 4.78 is 0. The Bertz CT molecular complexity index is 567. The van der Waals surface area contributed by atoms with E-state index in [1.54, 1.807) is 19.0 Å². The average molecular weight is 506 g/mol. The number of carbonyl (C=O) groups is 2. The molecule has 2 heterocycles. The molecule has 0 atom stereocenters. The number of amides is 2. The lowest BCUT2D eigenvalue weighted by atomic mass is 10.3. The highest BCUT2D eigenvalue weighted by molar-refractivity contribution is 14.0.